The van der Waals surface area contributed by atoms with Crippen LogP contribution in [0.1, 0.15) is 12.0 Å². The topological polar surface area (TPSA) is 65.0 Å². The molecule has 23 heavy (non-hydrogen) atoms. The normalized spacial score (nSPS) is 25.9. The first-order chi connectivity index (χ1) is 11.2. The molecule has 1 aliphatic heterocycles. The standard InChI is InChI=1S/C18H20O5/c1-21-17(20)15-11-23-18(16-13(9-19)7-8-14(15)16)22-10-12-5-3-2-4-6-12/h2-7,11,14,16,18-19H,8-10H2,1H3/t14-,16-,18-/m1/s1. The fraction of sp³-hybridized carbons (Fsp3) is 0.389. The Morgan fingerprint density at radius 2 is 2.13 bits per heavy atom. The highest BCUT2D eigenvalue weighted by atomic mass is 16.7. The smallest absolute Gasteiger partial charge is 0.337 e. The zero-order valence-electron chi connectivity index (χ0n) is 13.0. The minimum absolute atomic E-state index is 0.0653. The molecule has 5 heteroatoms. The van der Waals surface area contributed by atoms with Crippen molar-refractivity contribution >= 4 is 5.97 Å². The number of esters is 1. The molecule has 0 saturated heterocycles. The number of allylic oxidation sites excluding steroid dienone is 1. The van der Waals surface area contributed by atoms with Gasteiger partial charge in [-0.25, -0.2) is 4.79 Å². The van der Waals surface area contributed by atoms with Gasteiger partial charge in [-0.3, -0.25) is 0 Å². The highest BCUT2D eigenvalue weighted by molar-refractivity contribution is 5.89. The molecule has 0 amide bonds. The maximum Gasteiger partial charge on any atom is 0.337 e. The predicted molar refractivity (Wildman–Crippen MR) is 83.0 cm³/mol. The van der Waals surface area contributed by atoms with Gasteiger partial charge in [0.2, 0.25) is 6.29 Å². The number of carbonyl (C=O) groups excluding carboxylic acids is 1. The van der Waals surface area contributed by atoms with Crippen molar-refractivity contribution in [3.05, 3.63) is 59.4 Å². The molecule has 0 radical (unpaired) electrons. The van der Waals surface area contributed by atoms with Gasteiger partial charge in [-0.15, -0.1) is 0 Å². The molecule has 122 valence electrons. The van der Waals surface area contributed by atoms with E-state index in [0.717, 1.165) is 11.1 Å². The van der Waals surface area contributed by atoms with Gasteiger partial charge in [-0.1, -0.05) is 36.4 Å². The number of fused-ring (bicyclic) bond motifs is 1. The third-order valence-corrected chi connectivity index (χ3v) is 4.38. The lowest BCUT2D eigenvalue weighted by molar-refractivity contribution is -0.161. The van der Waals surface area contributed by atoms with Gasteiger partial charge in [-0.2, -0.15) is 0 Å². The molecular formula is C18H20O5. The van der Waals surface area contributed by atoms with E-state index < -0.39 is 12.3 Å². The van der Waals surface area contributed by atoms with Gasteiger partial charge in [0.05, 0.1) is 38.1 Å². The van der Waals surface area contributed by atoms with Crippen LogP contribution in [0.3, 0.4) is 0 Å². The SMILES string of the molecule is COC(=O)C1=CO[C@@H](OCc2ccccc2)[C@@H]2C(CO)=CC[C@H]12. The lowest BCUT2D eigenvalue weighted by atomic mass is 9.83. The Kier molecular flexibility index (Phi) is 4.79. The molecule has 1 aromatic rings. The lowest BCUT2D eigenvalue weighted by Crippen LogP contribution is -2.37. The molecule has 2 aliphatic rings. The van der Waals surface area contributed by atoms with Crippen molar-refractivity contribution in [1.82, 2.24) is 0 Å². The third-order valence-electron chi connectivity index (χ3n) is 4.38. The van der Waals surface area contributed by atoms with Crippen LogP contribution in [0.25, 0.3) is 0 Å². The molecule has 1 aliphatic carbocycles. The number of hydrogen-bond donors (Lipinski definition) is 1. The molecule has 0 aromatic heterocycles. The Morgan fingerprint density at radius 1 is 1.35 bits per heavy atom. The van der Waals surface area contributed by atoms with E-state index in [2.05, 4.69) is 0 Å². The second-order valence-corrected chi connectivity index (χ2v) is 5.67. The van der Waals surface area contributed by atoms with E-state index in [4.69, 9.17) is 14.2 Å². The molecule has 0 spiro atoms. The zero-order chi connectivity index (χ0) is 16.2. The maximum atomic E-state index is 11.9. The number of hydrogen-bond acceptors (Lipinski definition) is 5. The van der Waals surface area contributed by atoms with Crippen LogP contribution >= 0.6 is 0 Å². The monoisotopic (exact) mass is 316 g/mol. The lowest BCUT2D eigenvalue weighted by Gasteiger charge is -2.34. The van der Waals surface area contributed by atoms with Gasteiger partial charge in [-0.05, 0) is 17.6 Å². The van der Waals surface area contributed by atoms with Crippen molar-refractivity contribution in [3.63, 3.8) is 0 Å². The van der Waals surface area contributed by atoms with Crippen molar-refractivity contribution < 1.29 is 24.1 Å². The number of ether oxygens (including phenoxy) is 3. The van der Waals surface area contributed by atoms with Crippen molar-refractivity contribution in [2.24, 2.45) is 11.8 Å². The first kappa shape index (κ1) is 15.8. The summed E-state index contributed by atoms with van der Waals surface area (Å²) < 4.78 is 16.4. The molecule has 0 fully saturated rings. The van der Waals surface area contributed by atoms with E-state index in [1.807, 2.05) is 36.4 Å². The van der Waals surface area contributed by atoms with E-state index in [0.29, 0.717) is 18.6 Å². The van der Waals surface area contributed by atoms with Gasteiger partial charge in [0.15, 0.2) is 0 Å². The molecule has 5 nitrogen and oxygen atoms in total. The first-order valence-electron chi connectivity index (χ1n) is 7.63. The molecule has 1 N–H and O–H groups in total. The zero-order valence-corrected chi connectivity index (χ0v) is 13.0. The summed E-state index contributed by atoms with van der Waals surface area (Å²) >= 11 is 0. The van der Waals surface area contributed by atoms with E-state index in [1.54, 1.807) is 0 Å². The quantitative estimate of drug-likeness (QED) is 0.666. The van der Waals surface area contributed by atoms with Gasteiger partial charge < -0.3 is 19.3 Å². The number of benzene rings is 1. The summed E-state index contributed by atoms with van der Waals surface area (Å²) in [4.78, 5) is 11.9. The van der Waals surface area contributed by atoms with Gasteiger partial charge >= 0.3 is 5.97 Å². The summed E-state index contributed by atoms with van der Waals surface area (Å²) in [6.45, 7) is 0.346. The van der Waals surface area contributed by atoms with Crippen LogP contribution < -0.4 is 0 Å². The fourth-order valence-electron chi connectivity index (χ4n) is 3.20. The van der Waals surface area contributed by atoms with E-state index >= 15 is 0 Å². The Hall–Kier alpha value is -2.11. The Balaban J connectivity index is 1.76. The third kappa shape index (κ3) is 3.16. The molecule has 0 unspecified atom stereocenters. The van der Waals surface area contributed by atoms with Gasteiger partial charge in [0.25, 0.3) is 0 Å². The maximum absolute atomic E-state index is 11.9. The Labute approximate surface area is 135 Å². The summed E-state index contributed by atoms with van der Waals surface area (Å²) in [5, 5.41) is 9.57. The summed E-state index contributed by atoms with van der Waals surface area (Å²) in [5.41, 5.74) is 2.39. The summed E-state index contributed by atoms with van der Waals surface area (Å²) in [6.07, 6.45) is 3.56. The minimum Gasteiger partial charge on any atom is -0.471 e. The number of aliphatic hydroxyl groups excluding tert-OH is 1. The van der Waals surface area contributed by atoms with Crippen LogP contribution in [0, 0.1) is 11.8 Å². The molecule has 0 saturated carbocycles. The number of carbonyl (C=O) groups is 1. The summed E-state index contributed by atoms with van der Waals surface area (Å²) in [7, 11) is 1.35. The number of aliphatic hydroxyl groups is 1. The van der Waals surface area contributed by atoms with E-state index in [9.17, 15) is 9.90 Å². The van der Waals surface area contributed by atoms with Crippen LogP contribution in [0.4, 0.5) is 0 Å². The fourth-order valence-corrected chi connectivity index (χ4v) is 3.20. The number of rotatable bonds is 5. The van der Waals surface area contributed by atoms with Crippen LogP contribution in [0.5, 0.6) is 0 Å². The van der Waals surface area contributed by atoms with E-state index in [-0.39, 0.29) is 18.4 Å². The van der Waals surface area contributed by atoms with Gasteiger partial charge in [0.1, 0.15) is 0 Å². The molecule has 0 bridgehead atoms. The van der Waals surface area contributed by atoms with Crippen molar-refractivity contribution in [2.75, 3.05) is 13.7 Å². The number of methoxy groups -OCH3 is 1. The van der Waals surface area contributed by atoms with Crippen molar-refractivity contribution in [3.8, 4) is 0 Å². The van der Waals surface area contributed by atoms with Crippen molar-refractivity contribution in [2.45, 2.75) is 19.3 Å². The molecular weight excluding hydrogens is 296 g/mol. The highest BCUT2D eigenvalue weighted by Gasteiger charge is 2.44. The largest absolute Gasteiger partial charge is 0.471 e. The highest BCUT2D eigenvalue weighted by Crippen LogP contribution is 2.43. The van der Waals surface area contributed by atoms with Crippen LogP contribution in [-0.2, 0) is 25.6 Å². The second kappa shape index (κ2) is 6.98. The van der Waals surface area contributed by atoms with Crippen LogP contribution in [-0.4, -0.2) is 31.1 Å². The molecule has 3 rings (SSSR count). The summed E-state index contributed by atoms with van der Waals surface area (Å²) in [5.74, 6) is -0.629. The van der Waals surface area contributed by atoms with Crippen LogP contribution in [0.15, 0.2) is 53.8 Å². The average molecular weight is 316 g/mol. The molecule has 1 heterocycles. The average Bonchev–Trinajstić information content (AvgIpc) is 3.04. The summed E-state index contributed by atoms with van der Waals surface area (Å²) in [6, 6.07) is 9.81. The Bertz CT molecular complexity index is 620. The minimum atomic E-state index is -0.519. The second-order valence-electron chi connectivity index (χ2n) is 5.67. The van der Waals surface area contributed by atoms with Gasteiger partial charge in [0, 0.05) is 5.92 Å². The van der Waals surface area contributed by atoms with Crippen molar-refractivity contribution in [1.29, 1.82) is 0 Å². The first-order valence-corrected chi connectivity index (χ1v) is 7.63. The molecule has 1 aromatic carbocycles. The van der Waals surface area contributed by atoms with E-state index in [1.165, 1.54) is 13.4 Å². The Morgan fingerprint density at radius 3 is 2.83 bits per heavy atom. The van der Waals surface area contributed by atoms with Crippen LogP contribution in [0.2, 0.25) is 0 Å². The predicted octanol–water partition coefficient (Wildman–Crippen LogP) is 2.17. The molecule has 3 atom stereocenters.